The van der Waals surface area contributed by atoms with Gasteiger partial charge in [0.15, 0.2) is 0 Å². The first-order valence-corrected chi connectivity index (χ1v) is 15.7. The van der Waals surface area contributed by atoms with E-state index in [-0.39, 0.29) is 23.2 Å². The van der Waals surface area contributed by atoms with Crippen molar-refractivity contribution >= 4 is 17.7 Å². The number of hydrogen-bond acceptors (Lipinski definition) is 5. The van der Waals surface area contributed by atoms with Gasteiger partial charge >= 0.3 is 18.4 Å². The standard InChI is InChI=1S/C28H33F8N5O2.C4H9N.CH3F/c1-7-19(27(31,32)33)12-18(10-16(4)24(29)30)14-40(25(37)39-38-6)23-11-17(5)41(26(42)43-15(2)3)22-9-8-20(13-21(22)23)28(34,35)36;1-2-4-5-3-1;1-2/h8-10,12-13,15,17,23-24,37H,4,7,11,14H2,1-3,5-6H3;5H,1-4H2;1H3/b18-10+,19-12+,37-25?,39-38?;;. The lowest BCUT2D eigenvalue weighted by molar-refractivity contribution is -0.137. The molecule has 1 fully saturated rings. The van der Waals surface area contributed by atoms with Crippen molar-refractivity contribution in [1.82, 2.24) is 10.2 Å². The minimum atomic E-state index is -4.81. The van der Waals surface area contributed by atoms with E-state index < -0.39 is 78.7 Å². The van der Waals surface area contributed by atoms with Gasteiger partial charge in [-0.3, -0.25) is 14.7 Å². The molecule has 3 rings (SSSR count). The van der Waals surface area contributed by atoms with Crippen molar-refractivity contribution in [1.29, 1.82) is 5.41 Å². The quantitative estimate of drug-likeness (QED) is 0.0917. The number of azo groups is 1. The van der Waals surface area contributed by atoms with Gasteiger partial charge in [-0.05, 0) is 101 Å². The van der Waals surface area contributed by atoms with Crippen molar-refractivity contribution in [2.24, 2.45) is 10.2 Å². The number of amides is 1. The van der Waals surface area contributed by atoms with E-state index in [1.807, 2.05) is 0 Å². The molecule has 0 spiro atoms. The number of anilines is 1. The Morgan fingerprint density at radius 2 is 1.74 bits per heavy atom. The van der Waals surface area contributed by atoms with Crippen LogP contribution in [0.15, 0.2) is 63.9 Å². The molecule has 2 aliphatic rings. The van der Waals surface area contributed by atoms with E-state index in [0.717, 1.165) is 34.1 Å². The molecule has 282 valence electrons. The summed E-state index contributed by atoms with van der Waals surface area (Å²) in [5.41, 5.74) is -3.41. The number of allylic oxidation sites excluding steroid dienone is 3. The zero-order valence-electron chi connectivity index (χ0n) is 28.9. The van der Waals surface area contributed by atoms with E-state index in [1.165, 1.54) is 39.9 Å². The number of ether oxygens (including phenoxy) is 1. The summed E-state index contributed by atoms with van der Waals surface area (Å²) < 4.78 is 124. The first kappa shape index (κ1) is 44.1. The number of benzene rings is 1. The first-order chi connectivity index (χ1) is 23.3. The third-order valence-corrected chi connectivity index (χ3v) is 7.42. The van der Waals surface area contributed by atoms with Gasteiger partial charge in [0, 0.05) is 30.8 Å². The van der Waals surface area contributed by atoms with Gasteiger partial charge in [0.2, 0.25) is 5.96 Å². The number of nitrogens with one attached hydrogen (secondary N) is 2. The molecule has 1 amide bonds. The molecule has 8 nitrogen and oxygen atoms in total. The third kappa shape index (κ3) is 13.1. The maximum atomic E-state index is 13.8. The fourth-order valence-electron chi connectivity index (χ4n) is 5.19. The maximum absolute atomic E-state index is 13.8. The van der Waals surface area contributed by atoms with Gasteiger partial charge in [-0.15, -0.1) is 5.11 Å². The Labute approximate surface area is 286 Å². The largest absolute Gasteiger partial charge is 0.446 e. The maximum Gasteiger partial charge on any atom is 0.416 e. The molecule has 0 aromatic heterocycles. The van der Waals surface area contributed by atoms with E-state index in [0.29, 0.717) is 13.3 Å². The molecule has 17 heteroatoms. The molecule has 50 heavy (non-hydrogen) atoms. The SMILES string of the molecule is C1CCNC1.C=C(/C=C(\C=C(/CC)C(F)(F)F)CN(C(=N)N=NC)C1CC(C)N(C(=O)OC(C)C)c2ccc(C(F)(F)F)cc21)C(F)F.CF. The van der Waals surface area contributed by atoms with Crippen LogP contribution in [0.1, 0.15) is 70.5 Å². The second-order valence-electron chi connectivity index (χ2n) is 11.5. The number of guanidine groups is 1. The molecule has 0 saturated carbocycles. The average Bonchev–Trinajstić information content (AvgIpc) is 3.62. The summed E-state index contributed by atoms with van der Waals surface area (Å²) in [5, 5.41) is 18.9. The first-order valence-electron chi connectivity index (χ1n) is 15.7. The minimum absolute atomic E-state index is 0.0104. The van der Waals surface area contributed by atoms with Crippen LogP contribution in [-0.2, 0) is 10.9 Å². The summed E-state index contributed by atoms with van der Waals surface area (Å²) in [6.07, 6.45) is -10.6. The molecular weight excluding hydrogens is 683 g/mol. The normalized spacial score (nSPS) is 18.3. The second kappa shape index (κ2) is 20.1. The van der Waals surface area contributed by atoms with E-state index in [4.69, 9.17) is 10.1 Å². The van der Waals surface area contributed by atoms with Gasteiger partial charge in [0.1, 0.15) is 0 Å². The zero-order chi connectivity index (χ0) is 38.4. The average molecular weight is 729 g/mol. The lowest BCUT2D eigenvalue weighted by Crippen LogP contribution is -2.48. The highest BCUT2D eigenvalue weighted by Gasteiger charge is 2.41. The summed E-state index contributed by atoms with van der Waals surface area (Å²) in [5.74, 6) is -0.659. The van der Waals surface area contributed by atoms with Crippen molar-refractivity contribution in [3.05, 3.63) is 64.8 Å². The molecule has 2 heterocycles. The van der Waals surface area contributed by atoms with Gasteiger partial charge < -0.3 is 15.0 Å². The number of carbonyl (C=O) groups is 1. The Balaban J connectivity index is 0.00000160. The van der Waals surface area contributed by atoms with E-state index >= 15 is 0 Å². The highest BCUT2D eigenvalue weighted by atomic mass is 19.4. The Morgan fingerprint density at radius 3 is 2.18 bits per heavy atom. The summed E-state index contributed by atoms with van der Waals surface area (Å²) in [7, 11) is 1.70. The summed E-state index contributed by atoms with van der Waals surface area (Å²) in [6.45, 7) is 11.0. The molecule has 0 bridgehead atoms. The Bertz CT molecular complexity index is 1360. The second-order valence-corrected chi connectivity index (χ2v) is 11.5. The van der Waals surface area contributed by atoms with Crippen molar-refractivity contribution in [3.8, 4) is 0 Å². The number of carbonyl (C=O) groups excluding carboxylic acids is 1. The molecule has 1 aromatic rings. The van der Waals surface area contributed by atoms with Crippen LogP contribution < -0.4 is 10.2 Å². The predicted molar refractivity (Wildman–Crippen MR) is 174 cm³/mol. The molecule has 2 aliphatic heterocycles. The lowest BCUT2D eigenvalue weighted by Gasteiger charge is -2.43. The van der Waals surface area contributed by atoms with Crippen molar-refractivity contribution in [2.75, 3.05) is 38.8 Å². The molecule has 1 saturated heterocycles. The van der Waals surface area contributed by atoms with E-state index in [9.17, 15) is 44.3 Å². The van der Waals surface area contributed by atoms with E-state index in [1.54, 1.807) is 20.8 Å². The Hall–Kier alpha value is -3.89. The number of fused-ring (bicyclic) bond motifs is 1. The fourth-order valence-corrected chi connectivity index (χ4v) is 5.19. The minimum Gasteiger partial charge on any atom is -0.446 e. The van der Waals surface area contributed by atoms with Crippen LogP contribution in [-0.4, -0.2) is 75.6 Å². The highest BCUT2D eigenvalue weighted by Crippen LogP contribution is 2.44. The number of alkyl halides is 9. The molecule has 1 aromatic carbocycles. The molecule has 0 aliphatic carbocycles. The van der Waals surface area contributed by atoms with Gasteiger partial charge in [-0.2, -0.15) is 31.5 Å². The van der Waals surface area contributed by atoms with Crippen LogP contribution in [0, 0.1) is 5.41 Å². The Morgan fingerprint density at radius 1 is 1.14 bits per heavy atom. The molecule has 2 atom stereocenters. The monoisotopic (exact) mass is 728 g/mol. The van der Waals surface area contributed by atoms with Crippen LogP contribution in [0.2, 0.25) is 0 Å². The van der Waals surface area contributed by atoms with Crippen LogP contribution in [0.5, 0.6) is 0 Å². The van der Waals surface area contributed by atoms with Crippen LogP contribution in [0.4, 0.5) is 50.0 Å². The van der Waals surface area contributed by atoms with Crippen molar-refractivity contribution < 1.29 is 49.0 Å². The number of rotatable bonds is 8. The van der Waals surface area contributed by atoms with Crippen LogP contribution >= 0.6 is 0 Å². The molecule has 2 unspecified atom stereocenters. The van der Waals surface area contributed by atoms with Gasteiger partial charge in [0.05, 0.1) is 30.6 Å². The predicted octanol–water partition coefficient (Wildman–Crippen LogP) is 9.81. The fraction of sp³-hybridized carbons (Fsp3) is 0.576. The molecular formula is C33H45F9N6O2. The third-order valence-electron chi connectivity index (χ3n) is 7.42. The van der Waals surface area contributed by atoms with Crippen molar-refractivity contribution in [2.45, 2.75) is 90.3 Å². The van der Waals surface area contributed by atoms with Crippen molar-refractivity contribution in [3.63, 3.8) is 0 Å². The number of halogens is 9. The van der Waals surface area contributed by atoms with Gasteiger partial charge in [0.25, 0.3) is 6.43 Å². The summed E-state index contributed by atoms with van der Waals surface area (Å²) in [4.78, 5) is 15.2. The van der Waals surface area contributed by atoms with E-state index in [2.05, 4.69) is 22.1 Å². The summed E-state index contributed by atoms with van der Waals surface area (Å²) in [6, 6.07) is 0.688. The van der Waals surface area contributed by atoms with Gasteiger partial charge in [-0.25, -0.2) is 13.6 Å². The number of hydrogen-bond donors (Lipinski definition) is 2. The molecule has 2 N–H and O–H groups in total. The molecule has 0 radical (unpaired) electrons. The van der Waals surface area contributed by atoms with Gasteiger partial charge in [-0.1, -0.05) is 13.5 Å². The summed E-state index contributed by atoms with van der Waals surface area (Å²) >= 11 is 0. The number of nitrogens with zero attached hydrogens (tertiary/aromatic N) is 4. The van der Waals surface area contributed by atoms with Crippen LogP contribution in [0.25, 0.3) is 0 Å². The Kier molecular flexibility index (Phi) is 17.7. The lowest BCUT2D eigenvalue weighted by atomic mass is 9.89. The van der Waals surface area contributed by atoms with Crippen LogP contribution in [0.3, 0.4) is 0 Å². The topological polar surface area (TPSA) is 93.4 Å². The smallest absolute Gasteiger partial charge is 0.416 e. The highest BCUT2D eigenvalue weighted by molar-refractivity contribution is 5.91. The zero-order valence-corrected chi connectivity index (χ0v) is 28.9.